The maximum absolute atomic E-state index is 12.9. The summed E-state index contributed by atoms with van der Waals surface area (Å²) in [4.78, 5) is 19.9. The van der Waals surface area contributed by atoms with Crippen LogP contribution in [0.3, 0.4) is 0 Å². The van der Waals surface area contributed by atoms with Crippen molar-refractivity contribution >= 4 is 5.91 Å². The van der Waals surface area contributed by atoms with E-state index in [0.29, 0.717) is 19.1 Å². The number of aryl methyl sites for hydroxylation is 1. The lowest BCUT2D eigenvalue weighted by atomic mass is 9.99. The first-order chi connectivity index (χ1) is 12.6. The molecule has 0 bridgehead atoms. The van der Waals surface area contributed by atoms with Gasteiger partial charge in [0.2, 0.25) is 5.91 Å². The zero-order chi connectivity index (χ0) is 18.1. The molecule has 2 atom stereocenters. The summed E-state index contributed by atoms with van der Waals surface area (Å²) >= 11 is 0. The van der Waals surface area contributed by atoms with Crippen LogP contribution in [0.25, 0.3) is 0 Å². The van der Waals surface area contributed by atoms with Crippen LogP contribution in [0.4, 0.5) is 0 Å². The van der Waals surface area contributed by atoms with E-state index in [1.54, 1.807) is 0 Å². The Kier molecular flexibility index (Phi) is 5.29. The number of hydrogen-bond donors (Lipinski definition) is 0. The van der Waals surface area contributed by atoms with Crippen LogP contribution in [0.15, 0.2) is 12.4 Å². The summed E-state index contributed by atoms with van der Waals surface area (Å²) in [6.07, 6.45) is 7.22. The average Bonchev–Trinajstić information content (AvgIpc) is 3.42. The Morgan fingerprint density at radius 2 is 2.04 bits per heavy atom. The number of likely N-dealkylation sites (N-methyl/N-ethyl adjacent to an activating group) is 1. The van der Waals surface area contributed by atoms with Crippen molar-refractivity contribution in [2.24, 2.45) is 13.0 Å². The van der Waals surface area contributed by atoms with Crippen LogP contribution >= 0.6 is 0 Å². The van der Waals surface area contributed by atoms with Crippen LogP contribution in [-0.4, -0.2) is 89.4 Å². The lowest BCUT2D eigenvalue weighted by molar-refractivity contribution is -0.149. The van der Waals surface area contributed by atoms with E-state index in [2.05, 4.69) is 26.8 Å². The first-order valence-corrected chi connectivity index (χ1v) is 9.93. The topological polar surface area (TPSA) is 53.8 Å². The van der Waals surface area contributed by atoms with Gasteiger partial charge in [0.1, 0.15) is 0 Å². The SMILES string of the molecule is CN1CCCN(C[C@@H]2OCCN(C(=O)C3CC3)[C@H]2c2cnn(C)c2)CC1. The molecular weight excluding hydrogens is 330 g/mol. The first-order valence-electron chi connectivity index (χ1n) is 9.93. The quantitative estimate of drug-likeness (QED) is 0.792. The van der Waals surface area contributed by atoms with Gasteiger partial charge >= 0.3 is 0 Å². The molecule has 3 heterocycles. The first kappa shape index (κ1) is 17.9. The van der Waals surface area contributed by atoms with E-state index in [4.69, 9.17) is 4.74 Å². The normalized spacial score (nSPS) is 28.9. The van der Waals surface area contributed by atoms with E-state index < -0.39 is 0 Å². The van der Waals surface area contributed by atoms with Crippen molar-refractivity contribution < 1.29 is 9.53 Å². The number of hydrogen-bond acceptors (Lipinski definition) is 5. The number of ether oxygens (including phenoxy) is 1. The molecule has 3 aliphatic rings. The summed E-state index contributed by atoms with van der Waals surface area (Å²) in [6, 6.07) is -0.0217. The van der Waals surface area contributed by atoms with E-state index in [0.717, 1.165) is 51.1 Å². The van der Waals surface area contributed by atoms with Gasteiger partial charge in [0.25, 0.3) is 0 Å². The fraction of sp³-hybridized carbons (Fsp3) is 0.789. The van der Waals surface area contributed by atoms with Crippen molar-refractivity contribution in [2.75, 3.05) is 52.9 Å². The molecule has 0 aromatic carbocycles. The highest BCUT2D eigenvalue weighted by atomic mass is 16.5. The maximum Gasteiger partial charge on any atom is 0.226 e. The molecule has 0 radical (unpaired) electrons. The summed E-state index contributed by atoms with van der Waals surface area (Å²) in [5.41, 5.74) is 1.10. The van der Waals surface area contributed by atoms with E-state index in [1.807, 2.05) is 24.1 Å². The van der Waals surface area contributed by atoms with Crippen molar-refractivity contribution in [1.82, 2.24) is 24.5 Å². The van der Waals surface area contributed by atoms with Gasteiger partial charge in [-0.2, -0.15) is 5.10 Å². The average molecular weight is 361 g/mol. The van der Waals surface area contributed by atoms with Gasteiger partial charge in [-0.25, -0.2) is 0 Å². The van der Waals surface area contributed by atoms with Gasteiger partial charge in [0.05, 0.1) is 24.9 Å². The second kappa shape index (κ2) is 7.66. The van der Waals surface area contributed by atoms with E-state index in [-0.39, 0.29) is 18.1 Å². The molecule has 2 aliphatic heterocycles. The number of aromatic nitrogens is 2. The van der Waals surface area contributed by atoms with Crippen molar-refractivity contribution in [3.63, 3.8) is 0 Å². The highest BCUT2D eigenvalue weighted by molar-refractivity contribution is 5.81. The molecule has 144 valence electrons. The third-order valence-electron chi connectivity index (χ3n) is 5.88. The molecule has 1 aromatic heterocycles. The van der Waals surface area contributed by atoms with Crippen LogP contribution < -0.4 is 0 Å². The molecule has 0 spiro atoms. The van der Waals surface area contributed by atoms with Crippen LogP contribution in [0.5, 0.6) is 0 Å². The molecule has 4 rings (SSSR count). The monoisotopic (exact) mass is 361 g/mol. The van der Waals surface area contributed by atoms with Gasteiger partial charge in [-0.05, 0) is 39.4 Å². The van der Waals surface area contributed by atoms with Gasteiger partial charge in [0.15, 0.2) is 0 Å². The summed E-state index contributed by atoms with van der Waals surface area (Å²) in [5.74, 6) is 0.544. The molecule has 1 aliphatic carbocycles. The minimum Gasteiger partial charge on any atom is -0.373 e. The van der Waals surface area contributed by atoms with Crippen molar-refractivity contribution in [1.29, 1.82) is 0 Å². The van der Waals surface area contributed by atoms with Crippen LogP contribution in [0.2, 0.25) is 0 Å². The van der Waals surface area contributed by atoms with Crippen LogP contribution in [-0.2, 0) is 16.6 Å². The standard InChI is InChI=1S/C19H31N5O2/c1-21-6-3-7-23(9-8-21)14-17-18(16-12-20-22(2)13-16)24(10-11-26-17)19(25)15-4-5-15/h12-13,15,17-18H,3-11,14H2,1-2H3/t17-,18-/m0/s1. The number of morpholine rings is 1. The molecule has 0 unspecified atom stereocenters. The number of carbonyl (C=O) groups excluding carboxylic acids is 1. The van der Waals surface area contributed by atoms with E-state index in [9.17, 15) is 4.79 Å². The lowest BCUT2D eigenvalue weighted by Crippen LogP contribution is -2.52. The third kappa shape index (κ3) is 3.94. The Labute approximate surface area is 155 Å². The molecule has 2 saturated heterocycles. The summed E-state index contributed by atoms with van der Waals surface area (Å²) in [7, 11) is 4.12. The molecule has 1 saturated carbocycles. The second-order valence-electron chi connectivity index (χ2n) is 8.06. The second-order valence-corrected chi connectivity index (χ2v) is 8.06. The number of carbonyl (C=O) groups is 1. The zero-order valence-corrected chi connectivity index (χ0v) is 16.0. The van der Waals surface area contributed by atoms with Crippen molar-refractivity contribution in [3.8, 4) is 0 Å². The van der Waals surface area contributed by atoms with Gasteiger partial charge in [0, 0.05) is 50.9 Å². The molecule has 1 aromatic rings. The summed E-state index contributed by atoms with van der Waals surface area (Å²) < 4.78 is 8.04. The van der Waals surface area contributed by atoms with Crippen molar-refractivity contribution in [2.45, 2.75) is 31.4 Å². The largest absolute Gasteiger partial charge is 0.373 e. The highest BCUT2D eigenvalue weighted by Crippen LogP contribution is 2.37. The van der Waals surface area contributed by atoms with Crippen molar-refractivity contribution in [3.05, 3.63) is 18.0 Å². The molecule has 7 nitrogen and oxygen atoms in total. The number of amides is 1. The Morgan fingerprint density at radius 3 is 2.77 bits per heavy atom. The molecule has 3 fully saturated rings. The Morgan fingerprint density at radius 1 is 1.19 bits per heavy atom. The van der Waals surface area contributed by atoms with E-state index >= 15 is 0 Å². The Bertz CT molecular complexity index is 629. The van der Waals surface area contributed by atoms with Gasteiger partial charge in [-0.1, -0.05) is 0 Å². The zero-order valence-electron chi connectivity index (χ0n) is 16.0. The fourth-order valence-electron chi connectivity index (χ4n) is 4.22. The van der Waals surface area contributed by atoms with Gasteiger partial charge in [-0.3, -0.25) is 14.4 Å². The highest BCUT2D eigenvalue weighted by Gasteiger charge is 2.42. The maximum atomic E-state index is 12.9. The fourth-order valence-corrected chi connectivity index (χ4v) is 4.22. The Hall–Kier alpha value is -1.44. The van der Waals surface area contributed by atoms with E-state index in [1.165, 1.54) is 6.42 Å². The smallest absolute Gasteiger partial charge is 0.226 e. The predicted octanol–water partition coefficient (Wildman–Crippen LogP) is 0.736. The third-order valence-corrected chi connectivity index (χ3v) is 5.88. The predicted molar refractivity (Wildman–Crippen MR) is 98.7 cm³/mol. The minimum absolute atomic E-state index is 0.0130. The minimum atomic E-state index is -0.0217. The molecule has 1 amide bonds. The summed E-state index contributed by atoms with van der Waals surface area (Å²) in [5, 5.41) is 4.36. The summed E-state index contributed by atoms with van der Waals surface area (Å²) in [6.45, 7) is 6.60. The molecule has 7 heteroatoms. The number of nitrogens with zero attached hydrogens (tertiary/aromatic N) is 5. The Balaban J connectivity index is 1.53. The van der Waals surface area contributed by atoms with Crippen LogP contribution in [0.1, 0.15) is 30.9 Å². The van der Waals surface area contributed by atoms with Crippen LogP contribution in [0, 0.1) is 5.92 Å². The molecule has 0 N–H and O–H groups in total. The van der Waals surface area contributed by atoms with Gasteiger partial charge in [-0.15, -0.1) is 0 Å². The van der Waals surface area contributed by atoms with Gasteiger partial charge < -0.3 is 14.5 Å². The molecule has 26 heavy (non-hydrogen) atoms. The number of rotatable bonds is 4. The molecular formula is C19H31N5O2. The lowest BCUT2D eigenvalue weighted by Gasteiger charge is -2.42.